The van der Waals surface area contributed by atoms with Gasteiger partial charge in [-0.25, -0.2) is 0 Å². The molecule has 1 atom stereocenters. The Morgan fingerprint density at radius 1 is 1.00 bits per heavy atom. The second kappa shape index (κ2) is 5.89. The van der Waals surface area contributed by atoms with Crippen LogP contribution < -0.4 is 0 Å². The van der Waals surface area contributed by atoms with Crippen molar-refractivity contribution < 1.29 is 0 Å². The molecule has 1 saturated carbocycles. The van der Waals surface area contributed by atoms with Gasteiger partial charge in [-0.05, 0) is 56.0 Å². The van der Waals surface area contributed by atoms with E-state index in [0.29, 0.717) is 6.04 Å². The van der Waals surface area contributed by atoms with Crippen LogP contribution >= 0.6 is 11.6 Å². The lowest BCUT2D eigenvalue weighted by Crippen LogP contribution is -2.27. The highest BCUT2D eigenvalue weighted by Crippen LogP contribution is 2.46. The number of fused-ring (bicyclic) bond motifs is 1. The van der Waals surface area contributed by atoms with Crippen LogP contribution in [0.2, 0.25) is 5.02 Å². The molecule has 3 heteroatoms. The molecule has 1 aliphatic carbocycles. The molecular formula is C22H23ClN2. The summed E-state index contributed by atoms with van der Waals surface area (Å²) in [5.74, 6) is 0. The van der Waals surface area contributed by atoms with E-state index in [-0.39, 0.29) is 0 Å². The smallest absolute Gasteiger partial charge is 0.0510 e. The van der Waals surface area contributed by atoms with Gasteiger partial charge in [0.05, 0.1) is 6.04 Å². The third kappa shape index (κ3) is 2.51. The maximum atomic E-state index is 6.37. The molecule has 0 amide bonds. The molecule has 2 aromatic carbocycles. The van der Waals surface area contributed by atoms with E-state index in [0.717, 1.165) is 11.1 Å². The lowest BCUT2D eigenvalue weighted by molar-refractivity contribution is 0.240. The van der Waals surface area contributed by atoms with E-state index < -0.39 is 0 Å². The maximum Gasteiger partial charge on any atom is 0.0510 e. The van der Waals surface area contributed by atoms with E-state index in [2.05, 4.69) is 59.0 Å². The average Bonchev–Trinajstić information content (AvgIpc) is 3.29. The van der Waals surface area contributed by atoms with Crippen LogP contribution in [0.5, 0.6) is 0 Å². The van der Waals surface area contributed by atoms with E-state index in [4.69, 9.17) is 11.6 Å². The number of halogens is 1. The van der Waals surface area contributed by atoms with E-state index in [1.165, 1.54) is 60.0 Å². The number of benzene rings is 2. The predicted octanol–water partition coefficient (Wildman–Crippen LogP) is 5.80. The van der Waals surface area contributed by atoms with Crippen molar-refractivity contribution in [1.29, 1.82) is 0 Å². The molecule has 0 spiro atoms. The van der Waals surface area contributed by atoms with E-state index in [1.54, 1.807) is 0 Å². The number of hydrogen-bond acceptors (Lipinski definition) is 1. The van der Waals surface area contributed by atoms with Crippen LogP contribution in [0.15, 0.2) is 48.5 Å². The third-order valence-electron chi connectivity index (χ3n) is 5.89. The van der Waals surface area contributed by atoms with Crippen molar-refractivity contribution in [2.24, 2.45) is 7.05 Å². The zero-order valence-corrected chi connectivity index (χ0v) is 15.3. The highest BCUT2D eigenvalue weighted by molar-refractivity contribution is 6.31. The van der Waals surface area contributed by atoms with Gasteiger partial charge in [0.15, 0.2) is 0 Å². The number of aryl methyl sites for hydroxylation is 1. The van der Waals surface area contributed by atoms with Gasteiger partial charge in [0.25, 0.3) is 0 Å². The Labute approximate surface area is 154 Å². The molecule has 25 heavy (non-hydrogen) atoms. The van der Waals surface area contributed by atoms with Gasteiger partial charge in [-0.2, -0.15) is 0 Å². The van der Waals surface area contributed by atoms with Gasteiger partial charge in [0, 0.05) is 40.3 Å². The summed E-state index contributed by atoms with van der Waals surface area (Å²) >= 11 is 6.37. The first kappa shape index (κ1) is 15.5. The first-order valence-electron chi connectivity index (χ1n) is 9.33. The van der Waals surface area contributed by atoms with Crippen LogP contribution in [-0.2, 0) is 7.05 Å². The van der Waals surface area contributed by atoms with Crippen LogP contribution in [0.1, 0.15) is 37.4 Å². The highest BCUT2D eigenvalue weighted by Gasteiger charge is 2.39. The normalized spacial score (nSPS) is 21.3. The van der Waals surface area contributed by atoms with E-state index >= 15 is 0 Å². The Kier molecular flexibility index (Phi) is 3.65. The number of likely N-dealkylation sites (tertiary alicyclic amines) is 1. The van der Waals surface area contributed by atoms with Gasteiger partial charge in [-0.1, -0.05) is 41.9 Å². The fraction of sp³-hybridized carbons (Fsp3) is 0.364. The minimum Gasteiger partial charge on any atom is -0.346 e. The summed E-state index contributed by atoms with van der Waals surface area (Å²) in [4.78, 5) is 2.75. The lowest BCUT2D eigenvalue weighted by Gasteiger charge is -2.26. The topological polar surface area (TPSA) is 8.17 Å². The van der Waals surface area contributed by atoms with Crippen LogP contribution in [0.25, 0.3) is 22.0 Å². The molecule has 1 unspecified atom stereocenters. The Bertz CT molecular complexity index is 924. The first-order valence-corrected chi connectivity index (χ1v) is 9.71. The Morgan fingerprint density at radius 2 is 1.80 bits per heavy atom. The monoisotopic (exact) mass is 350 g/mol. The molecule has 3 aromatic rings. The number of rotatable bonds is 3. The van der Waals surface area contributed by atoms with Gasteiger partial charge >= 0.3 is 0 Å². The summed E-state index contributed by atoms with van der Waals surface area (Å²) in [5, 5.41) is 2.09. The van der Waals surface area contributed by atoms with Gasteiger partial charge in [-0.15, -0.1) is 0 Å². The molecule has 1 aliphatic heterocycles. The van der Waals surface area contributed by atoms with Crippen LogP contribution in [0, 0.1) is 0 Å². The Hall–Kier alpha value is -1.77. The van der Waals surface area contributed by atoms with Gasteiger partial charge in [0.1, 0.15) is 0 Å². The van der Waals surface area contributed by atoms with Gasteiger partial charge in [-0.3, -0.25) is 4.90 Å². The molecule has 1 aromatic heterocycles. The molecule has 0 bridgehead atoms. The van der Waals surface area contributed by atoms with Crippen molar-refractivity contribution in [2.75, 3.05) is 6.54 Å². The number of aromatic nitrogens is 1. The summed E-state index contributed by atoms with van der Waals surface area (Å²) in [7, 11) is 2.22. The molecule has 128 valence electrons. The van der Waals surface area contributed by atoms with E-state index in [1.807, 2.05) is 6.07 Å². The van der Waals surface area contributed by atoms with Gasteiger partial charge < -0.3 is 4.57 Å². The van der Waals surface area contributed by atoms with Crippen LogP contribution in [0.4, 0.5) is 0 Å². The molecule has 0 N–H and O–H groups in total. The average molecular weight is 351 g/mol. The molecule has 2 heterocycles. The van der Waals surface area contributed by atoms with E-state index in [9.17, 15) is 0 Å². The standard InChI is InChI=1S/C22H23ClN2/c1-24-19-12-9-16(23)14-18(19)21(15-6-3-2-4-7-15)22(24)20-8-5-13-25(20)17-10-11-17/h2-4,6-7,9,12,14,17,20H,5,8,10-11,13H2,1H3. The van der Waals surface area contributed by atoms with Crippen molar-refractivity contribution in [3.8, 4) is 11.1 Å². The fourth-order valence-electron chi connectivity index (χ4n) is 4.66. The second-order valence-corrected chi connectivity index (χ2v) is 7.91. The number of nitrogens with zero attached hydrogens (tertiary/aromatic N) is 2. The van der Waals surface area contributed by atoms with Gasteiger partial charge in [0.2, 0.25) is 0 Å². The summed E-state index contributed by atoms with van der Waals surface area (Å²) in [5.41, 5.74) is 5.42. The molecule has 0 radical (unpaired) electrons. The Morgan fingerprint density at radius 3 is 2.56 bits per heavy atom. The molecule has 2 fully saturated rings. The summed E-state index contributed by atoms with van der Waals surface area (Å²) in [6, 6.07) is 18.5. The maximum absolute atomic E-state index is 6.37. The minimum absolute atomic E-state index is 0.527. The largest absolute Gasteiger partial charge is 0.346 e. The number of hydrogen-bond donors (Lipinski definition) is 0. The Balaban J connectivity index is 1.78. The summed E-state index contributed by atoms with van der Waals surface area (Å²) < 4.78 is 2.42. The van der Waals surface area contributed by atoms with Crippen molar-refractivity contribution in [1.82, 2.24) is 9.47 Å². The SMILES string of the molecule is Cn1c(C2CCCN2C2CC2)c(-c2ccccc2)c2cc(Cl)ccc21. The van der Waals surface area contributed by atoms with Crippen molar-refractivity contribution in [3.05, 3.63) is 59.2 Å². The zero-order valence-electron chi connectivity index (χ0n) is 14.6. The second-order valence-electron chi connectivity index (χ2n) is 7.47. The van der Waals surface area contributed by atoms with Crippen LogP contribution in [-0.4, -0.2) is 22.1 Å². The molecule has 5 rings (SSSR count). The summed E-state index contributed by atoms with van der Waals surface area (Å²) in [6.07, 6.45) is 5.30. The third-order valence-corrected chi connectivity index (χ3v) is 6.13. The molecule has 2 aliphatic rings. The van der Waals surface area contributed by atoms with Crippen LogP contribution in [0.3, 0.4) is 0 Å². The molecule has 1 saturated heterocycles. The predicted molar refractivity (Wildman–Crippen MR) is 105 cm³/mol. The minimum atomic E-state index is 0.527. The first-order chi connectivity index (χ1) is 12.2. The molecular weight excluding hydrogens is 328 g/mol. The highest BCUT2D eigenvalue weighted by atomic mass is 35.5. The molecule has 2 nitrogen and oxygen atoms in total. The fourth-order valence-corrected chi connectivity index (χ4v) is 4.83. The zero-order chi connectivity index (χ0) is 17.0. The van der Waals surface area contributed by atoms with Crippen molar-refractivity contribution in [3.63, 3.8) is 0 Å². The summed E-state index contributed by atoms with van der Waals surface area (Å²) in [6.45, 7) is 1.24. The lowest BCUT2D eigenvalue weighted by atomic mass is 9.97. The van der Waals surface area contributed by atoms with Crippen molar-refractivity contribution >= 4 is 22.5 Å². The quantitative estimate of drug-likeness (QED) is 0.579. The van der Waals surface area contributed by atoms with Crippen molar-refractivity contribution in [2.45, 2.75) is 37.8 Å².